The molecule has 3 aromatic rings. The van der Waals surface area contributed by atoms with Gasteiger partial charge in [0.25, 0.3) is 11.8 Å². The second kappa shape index (κ2) is 9.76. The molecular weight excluding hydrogens is 382 g/mol. The zero-order chi connectivity index (χ0) is 21.5. The number of hydrogen-bond donors (Lipinski definition) is 3. The van der Waals surface area contributed by atoms with Gasteiger partial charge < -0.3 is 25.0 Å². The minimum absolute atomic E-state index is 0.0315. The highest BCUT2D eigenvalue weighted by Gasteiger charge is 2.18. The minimum Gasteiger partial charge on any atom is -0.496 e. The van der Waals surface area contributed by atoms with Gasteiger partial charge in [-0.2, -0.15) is 0 Å². The maximum Gasteiger partial charge on any atom is 0.267 e. The third kappa shape index (κ3) is 4.69. The number of fused-ring (bicyclic) bond motifs is 1. The van der Waals surface area contributed by atoms with Crippen LogP contribution in [0.2, 0.25) is 0 Å². The molecule has 0 radical (unpaired) electrons. The average molecular weight is 407 g/mol. The first kappa shape index (κ1) is 21.1. The lowest BCUT2D eigenvalue weighted by Gasteiger charge is -2.12. The van der Waals surface area contributed by atoms with Crippen molar-refractivity contribution in [2.75, 3.05) is 20.3 Å². The van der Waals surface area contributed by atoms with Crippen LogP contribution in [0.25, 0.3) is 17.0 Å². The van der Waals surface area contributed by atoms with Crippen LogP contribution in [0.1, 0.15) is 22.3 Å². The Labute approximate surface area is 175 Å². The highest BCUT2D eigenvalue weighted by molar-refractivity contribution is 6.07. The maximum absolute atomic E-state index is 12.9. The van der Waals surface area contributed by atoms with Crippen molar-refractivity contribution < 1.29 is 19.4 Å². The first-order chi connectivity index (χ1) is 14.5. The van der Waals surface area contributed by atoms with E-state index in [0.29, 0.717) is 24.3 Å². The molecule has 0 bridgehead atoms. The highest BCUT2D eigenvalue weighted by atomic mass is 16.5. The zero-order valence-electron chi connectivity index (χ0n) is 17.0. The van der Waals surface area contributed by atoms with Gasteiger partial charge in [-0.15, -0.1) is 0 Å². The molecule has 0 spiro atoms. The molecule has 7 nitrogen and oxygen atoms in total. The van der Waals surface area contributed by atoms with E-state index in [-0.39, 0.29) is 12.3 Å². The van der Waals surface area contributed by atoms with Crippen LogP contribution in [0.3, 0.4) is 0 Å². The molecule has 2 amide bonds. The number of aryl methyl sites for hydroxylation is 1. The molecule has 0 aliphatic heterocycles. The molecule has 3 rings (SSSR count). The number of aliphatic hydroxyl groups is 1. The van der Waals surface area contributed by atoms with Gasteiger partial charge >= 0.3 is 0 Å². The van der Waals surface area contributed by atoms with Crippen molar-refractivity contribution in [3.63, 3.8) is 0 Å². The highest BCUT2D eigenvalue weighted by Crippen LogP contribution is 2.23. The number of rotatable bonds is 8. The third-order valence-corrected chi connectivity index (χ3v) is 4.69. The predicted molar refractivity (Wildman–Crippen MR) is 116 cm³/mol. The number of carbonyl (C=O) groups is 2. The summed E-state index contributed by atoms with van der Waals surface area (Å²) in [7, 11) is 3.41. The van der Waals surface area contributed by atoms with Gasteiger partial charge in [-0.05, 0) is 30.7 Å². The van der Waals surface area contributed by atoms with Crippen molar-refractivity contribution in [3.05, 3.63) is 71.6 Å². The summed E-state index contributed by atoms with van der Waals surface area (Å²) in [5.41, 5.74) is 2.26. The number of aliphatic hydroxyl groups excluding tert-OH is 1. The average Bonchev–Trinajstić information content (AvgIpc) is 3.08. The molecule has 7 heteroatoms. The van der Waals surface area contributed by atoms with Gasteiger partial charge in [0, 0.05) is 42.9 Å². The van der Waals surface area contributed by atoms with E-state index < -0.39 is 11.8 Å². The molecule has 0 saturated heterocycles. The molecule has 0 saturated carbocycles. The molecule has 3 N–H and O–H groups in total. The van der Waals surface area contributed by atoms with Crippen LogP contribution in [0, 0.1) is 0 Å². The van der Waals surface area contributed by atoms with E-state index in [1.165, 1.54) is 7.11 Å². The Balaban J connectivity index is 1.96. The third-order valence-electron chi connectivity index (χ3n) is 4.69. The topological polar surface area (TPSA) is 92.6 Å². The SMILES string of the molecule is COc1ccccc1C(=O)N/C(=C/c1cn(C)c2ccccc12)C(=O)NCCCO. The summed E-state index contributed by atoms with van der Waals surface area (Å²) in [5, 5.41) is 15.4. The van der Waals surface area contributed by atoms with Crippen molar-refractivity contribution in [2.24, 2.45) is 7.05 Å². The fourth-order valence-electron chi connectivity index (χ4n) is 3.20. The summed E-state index contributed by atoms with van der Waals surface area (Å²) >= 11 is 0. The fraction of sp³-hybridized carbons (Fsp3) is 0.217. The Hall–Kier alpha value is -3.58. The number of nitrogens with one attached hydrogen (secondary N) is 2. The molecule has 30 heavy (non-hydrogen) atoms. The summed E-state index contributed by atoms with van der Waals surface area (Å²) in [4.78, 5) is 25.6. The first-order valence-electron chi connectivity index (χ1n) is 9.64. The zero-order valence-corrected chi connectivity index (χ0v) is 17.0. The van der Waals surface area contributed by atoms with E-state index >= 15 is 0 Å². The molecule has 0 atom stereocenters. The van der Waals surface area contributed by atoms with Crippen molar-refractivity contribution in [3.8, 4) is 5.75 Å². The van der Waals surface area contributed by atoms with Crippen molar-refractivity contribution in [1.29, 1.82) is 0 Å². The van der Waals surface area contributed by atoms with Gasteiger partial charge in [-0.1, -0.05) is 30.3 Å². The van der Waals surface area contributed by atoms with Crippen LogP contribution in [0.15, 0.2) is 60.4 Å². The summed E-state index contributed by atoms with van der Waals surface area (Å²) < 4.78 is 7.22. The molecule has 2 aromatic carbocycles. The van der Waals surface area contributed by atoms with Crippen LogP contribution in [-0.2, 0) is 11.8 Å². The smallest absolute Gasteiger partial charge is 0.267 e. The van der Waals surface area contributed by atoms with E-state index in [1.807, 2.05) is 42.1 Å². The van der Waals surface area contributed by atoms with Crippen LogP contribution < -0.4 is 15.4 Å². The van der Waals surface area contributed by atoms with Crippen molar-refractivity contribution in [1.82, 2.24) is 15.2 Å². The Morgan fingerprint density at radius 2 is 1.87 bits per heavy atom. The number of carbonyl (C=O) groups excluding carboxylic acids is 2. The van der Waals surface area contributed by atoms with Crippen molar-refractivity contribution >= 4 is 28.8 Å². The quantitative estimate of drug-likeness (QED) is 0.395. The van der Waals surface area contributed by atoms with Crippen LogP contribution in [0.4, 0.5) is 0 Å². The molecule has 1 heterocycles. The Morgan fingerprint density at radius 3 is 2.63 bits per heavy atom. The normalized spacial score (nSPS) is 11.4. The second-order valence-corrected chi connectivity index (χ2v) is 6.76. The second-order valence-electron chi connectivity index (χ2n) is 6.76. The molecule has 0 fully saturated rings. The van der Waals surface area contributed by atoms with Crippen molar-refractivity contribution in [2.45, 2.75) is 6.42 Å². The monoisotopic (exact) mass is 407 g/mol. The molecule has 0 unspecified atom stereocenters. The van der Waals surface area contributed by atoms with Gasteiger partial charge in [0.2, 0.25) is 0 Å². The molecule has 0 aliphatic rings. The van der Waals surface area contributed by atoms with Crippen LogP contribution in [0.5, 0.6) is 5.75 Å². The lowest BCUT2D eigenvalue weighted by atomic mass is 10.1. The van der Waals surface area contributed by atoms with Gasteiger partial charge in [-0.25, -0.2) is 0 Å². The number of amides is 2. The minimum atomic E-state index is -0.448. The summed E-state index contributed by atoms with van der Waals surface area (Å²) in [6.07, 6.45) is 3.98. The molecule has 156 valence electrons. The Bertz CT molecular complexity index is 1080. The largest absolute Gasteiger partial charge is 0.496 e. The van der Waals surface area contributed by atoms with E-state index in [4.69, 9.17) is 9.84 Å². The number of aromatic nitrogens is 1. The Morgan fingerprint density at radius 1 is 1.13 bits per heavy atom. The van der Waals surface area contributed by atoms with Crippen LogP contribution in [-0.4, -0.2) is 41.7 Å². The Kier molecular flexibility index (Phi) is 6.87. The summed E-state index contributed by atoms with van der Waals surface area (Å²) in [6, 6.07) is 14.6. The number of methoxy groups -OCH3 is 1. The van der Waals surface area contributed by atoms with Gasteiger partial charge in [0.05, 0.1) is 12.7 Å². The number of benzene rings is 2. The first-order valence-corrected chi connectivity index (χ1v) is 9.64. The summed E-state index contributed by atoms with van der Waals surface area (Å²) in [6.45, 7) is 0.267. The van der Waals surface area contributed by atoms with Gasteiger partial charge in [0.1, 0.15) is 11.4 Å². The van der Waals surface area contributed by atoms with E-state index in [2.05, 4.69) is 10.6 Å². The van der Waals surface area contributed by atoms with Gasteiger partial charge in [-0.3, -0.25) is 9.59 Å². The lowest BCUT2D eigenvalue weighted by molar-refractivity contribution is -0.117. The lowest BCUT2D eigenvalue weighted by Crippen LogP contribution is -2.35. The molecule has 0 aliphatic carbocycles. The van der Waals surface area contributed by atoms with E-state index in [0.717, 1.165) is 16.5 Å². The predicted octanol–water partition coefficient (Wildman–Crippen LogP) is 2.46. The molecular formula is C23H25N3O4. The fourth-order valence-corrected chi connectivity index (χ4v) is 3.20. The number of hydrogen-bond acceptors (Lipinski definition) is 4. The van der Waals surface area contributed by atoms with E-state index in [1.54, 1.807) is 30.3 Å². The standard InChI is InChI=1S/C23H25N3O4/c1-26-15-16(17-8-3-5-10-20(17)26)14-19(23(29)24-12-7-13-27)25-22(28)18-9-4-6-11-21(18)30-2/h3-6,8-11,14-15,27H,7,12-13H2,1-2H3,(H,24,29)(H,25,28)/b19-14+. The van der Waals surface area contributed by atoms with Gasteiger partial charge in [0.15, 0.2) is 0 Å². The number of ether oxygens (including phenoxy) is 1. The summed E-state index contributed by atoms with van der Waals surface area (Å²) in [5.74, 6) is -0.462. The molecule has 1 aromatic heterocycles. The van der Waals surface area contributed by atoms with E-state index in [9.17, 15) is 9.59 Å². The number of nitrogens with zero attached hydrogens (tertiary/aromatic N) is 1. The van der Waals surface area contributed by atoms with Crippen LogP contribution >= 0.6 is 0 Å². The number of para-hydroxylation sites is 2. The maximum atomic E-state index is 12.9.